The molecule has 1 fully saturated rings. The van der Waals surface area contributed by atoms with Crippen LogP contribution in [0.15, 0.2) is 91.0 Å². The van der Waals surface area contributed by atoms with Crippen molar-refractivity contribution in [1.82, 2.24) is 15.5 Å². The number of fused-ring (bicyclic) bond motifs is 1. The number of amides is 2. The van der Waals surface area contributed by atoms with E-state index < -0.39 is 24.3 Å². The summed E-state index contributed by atoms with van der Waals surface area (Å²) in [5.74, 6) is 0.996. The number of aliphatic hydroxyl groups excluding tert-OH is 1. The number of esters is 1. The van der Waals surface area contributed by atoms with Crippen LogP contribution in [0.1, 0.15) is 58.3 Å². The van der Waals surface area contributed by atoms with E-state index in [1.165, 1.54) is 18.2 Å². The van der Waals surface area contributed by atoms with E-state index in [0.717, 1.165) is 58.8 Å². The third kappa shape index (κ3) is 9.36. The van der Waals surface area contributed by atoms with E-state index in [9.17, 15) is 14.7 Å². The van der Waals surface area contributed by atoms with Gasteiger partial charge in [-0.15, -0.1) is 0 Å². The molecule has 2 heterocycles. The highest BCUT2D eigenvalue weighted by Gasteiger charge is 2.39. The average molecular weight is 724 g/mol. The number of urea groups is 1. The standard InChI is InChI=1S/C42H49N3O8/c1-27-38(25-45-19-18-33-21-36(49-2)37(50-3)22-34(33)24-45)52-41(53-39(27)31-14-12-30(26-46)13-15-31)32-16-10-29(11-17-32)23-43-42(48)44-35(40(47)51-4)20-28-8-6-5-7-9-28/h5-17,21-22,27,35,38-39,41,46H,18-20,23-26H2,1-4H3,(H2,43,44,48). The molecule has 0 spiro atoms. The largest absolute Gasteiger partial charge is 0.493 e. The van der Waals surface area contributed by atoms with E-state index >= 15 is 0 Å². The number of rotatable bonds is 13. The van der Waals surface area contributed by atoms with Crippen molar-refractivity contribution in [3.63, 3.8) is 0 Å². The molecule has 0 saturated carbocycles. The molecule has 11 nitrogen and oxygen atoms in total. The molecule has 2 aliphatic rings. The van der Waals surface area contributed by atoms with Gasteiger partial charge in [-0.3, -0.25) is 4.90 Å². The van der Waals surface area contributed by atoms with E-state index in [1.807, 2.05) is 78.9 Å². The van der Waals surface area contributed by atoms with Gasteiger partial charge in [0.15, 0.2) is 17.8 Å². The van der Waals surface area contributed by atoms with Crippen molar-refractivity contribution in [3.8, 4) is 11.5 Å². The third-order valence-corrected chi connectivity index (χ3v) is 10.1. The van der Waals surface area contributed by atoms with Crippen LogP contribution in [0.4, 0.5) is 4.79 Å². The minimum absolute atomic E-state index is 0.0226. The van der Waals surface area contributed by atoms with Gasteiger partial charge >= 0.3 is 12.0 Å². The van der Waals surface area contributed by atoms with Crippen molar-refractivity contribution in [1.29, 1.82) is 0 Å². The number of hydrogen-bond donors (Lipinski definition) is 3. The summed E-state index contributed by atoms with van der Waals surface area (Å²) in [7, 11) is 4.63. The molecule has 53 heavy (non-hydrogen) atoms. The summed E-state index contributed by atoms with van der Waals surface area (Å²) in [5.41, 5.74) is 7.00. The molecule has 0 bridgehead atoms. The summed E-state index contributed by atoms with van der Waals surface area (Å²) < 4.78 is 29.5. The van der Waals surface area contributed by atoms with Gasteiger partial charge in [-0.1, -0.05) is 85.8 Å². The second-order valence-electron chi connectivity index (χ2n) is 13.6. The van der Waals surface area contributed by atoms with Crippen LogP contribution in [-0.4, -0.2) is 68.6 Å². The number of benzene rings is 4. The van der Waals surface area contributed by atoms with Crippen molar-refractivity contribution in [2.45, 2.75) is 64.0 Å². The molecular formula is C42H49N3O8. The molecule has 5 atom stereocenters. The van der Waals surface area contributed by atoms with Gasteiger partial charge in [0, 0.05) is 44.1 Å². The van der Waals surface area contributed by atoms with Crippen LogP contribution in [0.3, 0.4) is 0 Å². The summed E-state index contributed by atoms with van der Waals surface area (Å²) in [6, 6.07) is 28.0. The first-order chi connectivity index (χ1) is 25.8. The van der Waals surface area contributed by atoms with Crippen LogP contribution < -0.4 is 20.1 Å². The number of methoxy groups -OCH3 is 3. The van der Waals surface area contributed by atoms with Crippen molar-refractivity contribution in [3.05, 3.63) is 130 Å². The highest BCUT2D eigenvalue weighted by atomic mass is 16.7. The summed E-state index contributed by atoms with van der Waals surface area (Å²) >= 11 is 0. The fourth-order valence-corrected chi connectivity index (χ4v) is 7.05. The molecular weight excluding hydrogens is 674 g/mol. The highest BCUT2D eigenvalue weighted by Crippen LogP contribution is 2.42. The Bertz CT molecular complexity index is 1820. The molecule has 6 rings (SSSR count). The molecule has 3 N–H and O–H groups in total. The first-order valence-electron chi connectivity index (χ1n) is 18.0. The molecule has 1 saturated heterocycles. The Labute approximate surface area is 311 Å². The Kier molecular flexibility index (Phi) is 12.6. The number of aliphatic hydroxyl groups is 1. The number of ether oxygens (including phenoxy) is 5. The minimum Gasteiger partial charge on any atom is -0.493 e. The van der Waals surface area contributed by atoms with Crippen LogP contribution >= 0.6 is 0 Å². The molecule has 0 aromatic heterocycles. The molecule has 4 aromatic rings. The molecule has 5 unspecified atom stereocenters. The Morgan fingerprint density at radius 3 is 2.17 bits per heavy atom. The fraction of sp³-hybridized carbons (Fsp3) is 0.381. The Hall–Kier alpha value is -4.94. The normalized spacial score (nSPS) is 20.5. The summed E-state index contributed by atoms with van der Waals surface area (Å²) in [6.07, 6.45) is 0.216. The molecule has 11 heteroatoms. The molecule has 0 aliphatic carbocycles. The molecule has 2 amide bonds. The summed E-state index contributed by atoms with van der Waals surface area (Å²) in [4.78, 5) is 27.6. The molecule has 280 valence electrons. The summed E-state index contributed by atoms with van der Waals surface area (Å²) in [6.45, 7) is 4.77. The Balaban J connectivity index is 1.13. The zero-order chi connectivity index (χ0) is 37.3. The third-order valence-electron chi connectivity index (χ3n) is 10.1. The quantitative estimate of drug-likeness (QED) is 0.151. The van der Waals surface area contributed by atoms with Gasteiger partial charge in [0.1, 0.15) is 6.04 Å². The second kappa shape index (κ2) is 17.7. The predicted molar refractivity (Wildman–Crippen MR) is 199 cm³/mol. The first-order valence-corrected chi connectivity index (χ1v) is 18.0. The van der Waals surface area contributed by atoms with Crippen LogP contribution in [0.2, 0.25) is 0 Å². The van der Waals surface area contributed by atoms with E-state index in [2.05, 4.69) is 34.6 Å². The van der Waals surface area contributed by atoms with Crippen LogP contribution in [0.25, 0.3) is 0 Å². The topological polar surface area (TPSA) is 128 Å². The van der Waals surface area contributed by atoms with Crippen LogP contribution in [0, 0.1) is 5.92 Å². The zero-order valence-electron chi connectivity index (χ0n) is 30.7. The van der Waals surface area contributed by atoms with Crippen LogP contribution in [-0.2, 0) is 51.5 Å². The molecule has 0 radical (unpaired) electrons. The van der Waals surface area contributed by atoms with E-state index in [1.54, 1.807) is 14.2 Å². The van der Waals surface area contributed by atoms with E-state index in [-0.39, 0.29) is 31.3 Å². The van der Waals surface area contributed by atoms with Gasteiger partial charge in [-0.25, -0.2) is 9.59 Å². The maximum atomic E-state index is 12.8. The summed E-state index contributed by atoms with van der Waals surface area (Å²) in [5, 5.41) is 15.2. The number of carbonyl (C=O) groups excluding carboxylic acids is 2. The maximum absolute atomic E-state index is 12.8. The van der Waals surface area contributed by atoms with E-state index in [0.29, 0.717) is 13.0 Å². The first kappa shape index (κ1) is 37.8. The molecule has 4 aromatic carbocycles. The van der Waals surface area contributed by atoms with Gasteiger partial charge in [-0.2, -0.15) is 0 Å². The van der Waals surface area contributed by atoms with Crippen molar-refractivity contribution in [2.75, 3.05) is 34.4 Å². The average Bonchev–Trinajstić information content (AvgIpc) is 3.20. The number of carbonyl (C=O) groups is 2. The Morgan fingerprint density at radius 1 is 0.849 bits per heavy atom. The van der Waals surface area contributed by atoms with Gasteiger partial charge in [0.05, 0.1) is 40.1 Å². The Morgan fingerprint density at radius 2 is 1.51 bits per heavy atom. The van der Waals surface area contributed by atoms with E-state index in [4.69, 9.17) is 23.7 Å². The number of hydrogen-bond acceptors (Lipinski definition) is 9. The lowest BCUT2D eigenvalue weighted by molar-refractivity contribution is -0.276. The van der Waals surface area contributed by atoms with Crippen molar-refractivity contribution in [2.24, 2.45) is 5.92 Å². The SMILES string of the molecule is COC(=O)C(Cc1ccccc1)NC(=O)NCc1ccc(C2OC(CN3CCc4cc(OC)c(OC)cc4C3)C(C)C(c3ccc(CO)cc3)O2)cc1. The highest BCUT2D eigenvalue weighted by molar-refractivity contribution is 5.83. The van der Waals surface area contributed by atoms with Crippen LogP contribution in [0.5, 0.6) is 11.5 Å². The van der Waals surface area contributed by atoms with Gasteiger partial charge < -0.3 is 39.4 Å². The smallest absolute Gasteiger partial charge is 0.328 e. The fourth-order valence-electron chi connectivity index (χ4n) is 7.05. The lowest BCUT2D eigenvalue weighted by Crippen LogP contribution is -2.47. The van der Waals surface area contributed by atoms with Gasteiger partial charge in [0.2, 0.25) is 0 Å². The molecule has 2 aliphatic heterocycles. The lowest BCUT2D eigenvalue weighted by atomic mass is 9.89. The zero-order valence-corrected chi connectivity index (χ0v) is 30.7. The van der Waals surface area contributed by atoms with Gasteiger partial charge in [0.25, 0.3) is 0 Å². The lowest BCUT2D eigenvalue weighted by Gasteiger charge is -2.43. The van der Waals surface area contributed by atoms with Gasteiger partial charge in [-0.05, 0) is 51.9 Å². The van der Waals surface area contributed by atoms with Crippen molar-refractivity contribution < 1.29 is 38.4 Å². The number of nitrogens with one attached hydrogen (secondary N) is 2. The second-order valence-corrected chi connectivity index (χ2v) is 13.6. The predicted octanol–water partition coefficient (Wildman–Crippen LogP) is 5.63. The maximum Gasteiger partial charge on any atom is 0.328 e. The van der Waals surface area contributed by atoms with Crippen molar-refractivity contribution >= 4 is 12.0 Å². The number of nitrogens with zero attached hydrogens (tertiary/aromatic N) is 1. The minimum atomic E-state index is -0.820. The monoisotopic (exact) mass is 723 g/mol.